The van der Waals surface area contributed by atoms with Crippen LogP contribution in [0.1, 0.15) is 37.7 Å². The number of aliphatic carboxylic acids is 1. The molecule has 0 unspecified atom stereocenters. The van der Waals surface area contributed by atoms with Crippen LogP contribution in [0.4, 0.5) is 5.69 Å². The molecule has 0 radical (unpaired) electrons. The van der Waals surface area contributed by atoms with Gasteiger partial charge in [-0.2, -0.15) is 0 Å². The third-order valence-electron chi connectivity index (χ3n) is 4.06. The molecule has 0 aromatic heterocycles. The first-order chi connectivity index (χ1) is 9.44. The number of hydrogen-bond acceptors (Lipinski definition) is 2. The van der Waals surface area contributed by atoms with Crippen LogP contribution in [0.5, 0.6) is 0 Å². The zero-order valence-corrected chi connectivity index (χ0v) is 13.0. The van der Waals surface area contributed by atoms with Crippen molar-refractivity contribution in [1.29, 1.82) is 0 Å². The zero-order valence-electron chi connectivity index (χ0n) is 11.4. The molecule has 2 rings (SSSR count). The molecule has 0 heterocycles. The molecule has 0 atom stereocenters. The average Bonchev–Trinajstić information content (AvgIpc) is 2.85. The van der Waals surface area contributed by atoms with E-state index in [1.165, 1.54) is 0 Å². The monoisotopic (exact) mass is 339 g/mol. The minimum Gasteiger partial charge on any atom is -0.481 e. The summed E-state index contributed by atoms with van der Waals surface area (Å²) in [7, 11) is 0. The zero-order chi connectivity index (χ0) is 14.8. The van der Waals surface area contributed by atoms with Gasteiger partial charge < -0.3 is 10.4 Å². The van der Waals surface area contributed by atoms with Crippen molar-refractivity contribution < 1.29 is 14.7 Å². The fourth-order valence-corrected chi connectivity index (χ4v) is 3.13. The largest absolute Gasteiger partial charge is 0.481 e. The van der Waals surface area contributed by atoms with E-state index < -0.39 is 11.4 Å². The van der Waals surface area contributed by atoms with E-state index in [4.69, 9.17) is 0 Å². The molecule has 108 valence electrons. The maximum absolute atomic E-state index is 12.2. The highest BCUT2D eigenvalue weighted by atomic mass is 79.9. The summed E-state index contributed by atoms with van der Waals surface area (Å²) in [5, 5.41) is 12.2. The van der Waals surface area contributed by atoms with Crippen LogP contribution in [0.2, 0.25) is 0 Å². The summed E-state index contributed by atoms with van der Waals surface area (Å²) in [6, 6.07) is 5.57. The molecular weight excluding hydrogens is 322 g/mol. The smallest absolute Gasteiger partial charge is 0.310 e. The molecule has 0 bridgehead atoms. The maximum Gasteiger partial charge on any atom is 0.310 e. The number of carboxylic acid groups (broad SMARTS) is 1. The van der Waals surface area contributed by atoms with E-state index in [0.29, 0.717) is 12.8 Å². The van der Waals surface area contributed by atoms with E-state index in [-0.39, 0.29) is 12.3 Å². The van der Waals surface area contributed by atoms with Crippen molar-refractivity contribution in [2.45, 2.75) is 39.0 Å². The number of benzene rings is 1. The molecule has 1 aromatic carbocycles. The Morgan fingerprint density at radius 2 is 2.00 bits per heavy atom. The second-order valence-corrected chi connectivity index (χ2v) is 6.28. The number of carboxylic acids is 1. The summed E-state index contributed by atoms with van der Waals surface area (Å²) < 4.78 is 0.920. The quantitative estimate of drug-likeness (QED) is 0.878. The predicted molar refractivity (Wildman–Crippen MR) is 80.7 cm³/mol. The van der Waals surface area contributed by atoms with E-state index in [9.17, 15) is 14.7 Å². The summed E-state index contributed by atoms with van der Waals surface area (Å²) in [5.41, 5.74) is 0.795. The lowest BCUT2D eigenvalue weighted by Gasteiger charge is -2.23. The van der Waals surface area contributed by atoms with Crippen LogP contribution in [-0.4, -0.2) is 17.0 Å². The molecule has 1 aliphatic carbocycles. The second kappa shape index (κ2) is 5.95. The summed E-state index contributed by atoms with van der Waals surface area (Å²) in [4.78, 5) is 23.6. The highest BCUT2D eigenvalue weighted by Gasteiger charge is 2.42. The number of halogens is 1. The molecule has 1 saturated carbocycles. The molecule has 5 heteroatoms. The van der Waals surface area contributed by atoms with Crippen LogP contribution in [0.3, 0.4) is 0 Å². The van der Waals surface area contributed by atoms with Gasteiger partial charge in [0, 0.05) is 16.6 Å². The molecule has 4 nitrogen and oxygen atoms in total. The Kier molecular flexibility index (Phi) is 4.48. The van der Waals surface area contributed by atoms with Crippen molar-refractivity contribution in [2.24, 2.45) is 5.41 Å². The van der Waals surface area contributed by atoms with Gasteiger partial charge in [-0.25, -0.2) is 0 Å². The molecule has 0 saturated heterocycles. The van der Waals surface area contributed by atoms with Crippen molar-refractivity contribution in [3.05, 3.63) is 28.2 Å². The first-order valence-electron chi connectivity index (χ1n) is 6.73. The molecule has 0 spiro atoms. The average molecular weight is 340 g/mol. The summed E-state index contributed by atoms with van der Waals surface area (Å²) in [6.07, 6.45) is 3.00. The van der Waals surface area contributed by atoms with Crippen LogP contribution in [0, 0.1) is 12.3 Å². The third kappa shape index (κ3) is 3.03. The molecule has 2 N–H and O–H groups in total. The minimum atomic E-state index is -0.871. The van der Waals surface area contributed by atoms with Crippen LogP contribution >= 0.6 is 15.9 Å². The fourth-order valence-electron chi connectivity index (χ4n) is 2.76. The SMILES string of the molecule is Cc1c(Br)cccc1NC(=O)CC1(C(=O)O)CCCC1. The Balaban J connectivity index is 2.09. The van der Waals surface area contributed by atoms with E-state index >= 15 is 0 Å². The van der Waals surface area contributed by atoms with Crippen molar-refractivity contribution in [3.8, 4) is 0 Å². The third-order valence-corrected chi connectivity index (χ3v) is 4.91. The summed E-state index contributed by atoms with van der Waals surface area (Å²) in [6.45, 7) is 1.90. The number of amides is 1. The number of rotatable bonds is 4. The maximum atomic E-state index is 12.2. The lowest BCUT2D eigenvalue weighted by Crippen LogP contribution is -2.32. The van der Waals surface area contributed by atoms with Gasteiger partial charge in [0.2, 0.25) is 5.91 Å². The molecule has 0 aliphatic heterocycles. The number of hydrogen-bond donors (Lipinski definition) is 2. The van der Waals surface area contributed by atoms with Crippen molar-refractivity contribution in [1.82, 2.24) is 0 Å². The van der Waals surface area contributed by atoms with Gasteiger partial charge >= 0.3 is 5.97 Å². The van der Waals surface area contributed by atoms with Gasteiger partial charge in [0.05, 0.1) is 5.41 Å². The van der Waals surface area contributed by atoms with E-state index in [1.54, 1.807) is 0 Å². The van der Waals surface area contributed by atoms with Crippen LogP contribution in [0.25, 0.3) is 0 Å². The molecule has 1 aromatic rings. The minimum absolute atomic E-state index is 0.0499. The van der Waals surface area contributed by atoms with Gasteiger partial charge in [-0.15, -0.1) is 0 Å². The molecule has 1 fully saturated rings. The van der Waals surface area contributed by atoms with Crippen molar-refractivity contribution >= 4 is 33.5 Å². The first-order valence-corrected chi connectivity index (χ1v) is 7.52. The molecule has 20 heavy (non-hydrogen) atoms. The number of carbonyl (C=O) groups excluding carboxylic acids is 1. The van der Waals surface area contributed by atoms with E-state index in [0.717, 1.165) is 28.6 Å². The highest BCUT2D eigenvalue weighted by Crippen LogP contribution is 2.41. The lowest BCUT2D eigenvalue weighted by atomic mass is 9.82. The summed E-state index contributed by atoms with van der Waals surface area (Å²) >= 11 is 3.41. The molecular formula is C15H18BrNO3. The number of nitrogens with one attached hydrogen (secondary N) is 1. The topological polar surface area (TPSA) is 66.4 Å². The Labute approximate surface area is 126 Å². The van der Waals surface area contributed by atoms with Crippen LogP contribution in [0.15, 0.2) is 22.7 Å². The molecule has 1 aliphatic rings. The van der Waals surface area contributed by atoms with Crippen molar-refractivity contribution in [2.75, 3.05) is 5.32 Å². The molecule has 1 amide bonds. The fraction of sp³-hybridized carbons (Fsp3) is 0.467. The Morgan fingerprint density at radius 1 is 1.35 bits per heavy atom. The normalized spacial score (nSPS) is 16.9. The second-order valence-electron chi connectivity index (χ2n) is 5.43. The van der Waals surface area contributed by atoms with Gasteiger partial charge in [0.25, 0.3) is 0 Å². The highest BCUT2D eigenvalue weighted by molar-refractivity contribution is 9.10. The Morgan fingerprint density at radius 3 is 2.60 bits per heavy atom. The summed E-state index contributed by atoms with van der Waals surface area (Å²) in [5.74, 6) is -1.08. The predicted octanol–water partition coefficient (Wildman–Crippen LogP) is 3.73. The van der Waals surface area contributed by atoms with Gasteiger partial charge in [-0.3, -0.25) is 9.59 Å². The lowest BCUT2D eigenvalue weighted by molar-refractivity contribution is -0.150. The van der Waals surface area contributed by atoms with Crippen LogP contribution in [-0.2, 0) is 9.59 Å². The van der Waals surface area contributed by atoms with Crippen LogP contribution < -0.4 is 5.32 Å². The van der Waals surface area contributed by atoms with Crippen molar-refractivity contribution in [3.63, 3.8) is 0 Å². The van der Waals surface area contributed by atoms with E-state index in [1.807, 2.05) is 25.1 Å². The standard InChI is InChI=1S/C15H18BrNO3/c1-10-11(16)5-4-6-12(10)17-13(18)9-15(14(19)20)7-2-3-8-15/h4-6H,2-3,7-9H2,1H3,(H,17,18)(H,19,20). The Bertz CT molecular complexity index is 536. The van der Waals surface area contributed by atoms with Gasteiger partial charge in [0.15, 0.2) is 0 Å². The van der Waals surface area contributed by atoms with Gasteiger partial charge in [-0.1, -0.05) is 34.8 Å². The Hall–Kier alpha value is -1.36. The van der Waals surface area contributed by atoms with E-state index in [2.05, 4.69) is 21.2 Å². The number of anilines is 1. The van der Waals surface area contributed by atoms with Gasteiger partial charge in [0.1, 0.15) is 0 Å². The first kappa shape index (κ1) is 15.0. The van der Waals surface area contributed by atoms with Gasteiger partial charge in [-0.05, 0) is 37.5 Å². The number of carbonyl (C=O) groups is 2.